The van der Waals surface area contributed by atoms with Crippen LogP contribution < -0.4 is 0 Å². The molecule has 1 rings (SSSR count). The number of morpholine rings is 1. The molecule has 0 atom stereocenters. The Hall–Kier alpha value is -0.0600. The third kappa shape index (κ3) is 5.84. The van der Waals surface area contributed by atoms with E-state index in [9.17, 15) is 4.79 Å². The number of carbonyl (C=O) groups excluding carboxylic acids is 1. The smallest absolute Gasteiger partial charge is 0.190 e. The van der Waals surface area contributed by atoms with Crippen LogP contribution in [0.1, 0.15) is 41.0 Å². The predicted octanol–water partition coefficient (Wildman–Crippen LogP) is 3.04. The molecule has 3 nitrogen and oxygen atoms in total. The van der Waals surface area contributed by atoms with Crippen molar-refractivity contribution in [2.45, 2.75) is 41.0 Å². The van der Waals surface area contributed by atoms with E-state index in [0.29, 0.717) is 11.5 Å². The Morgan fingerprint density at radius 3 is 2.26 bits per heavy atom. The number of ether oxygens (including phenoxy) is 1. The lowest BCUT2D eigenvalue weighted by Crippen LogP contribution is -2.37. The van der Waals surface area contributed by atoms with Crippen LogP contribution in [0, 0.1) is 10.8 Å². The second kappa shape index (κ2) is 7.09. The molecule has 0 amide bonds. The van der Waals surface area contributed by atoms with E-state index < -0.39 is 0 Å². The van der Waals surface area contributed by atoms with Gasteiger partial charge in [-0.2, -0.15) is 0 Å². The molecule has 0 bridgehead atoms. The van der Waals surface area contributed by atoms with E-state index in [1.807, 2.05) is 0 Å². The van der Waals surface area contributed by atoms with Crippen LogP contribution in [0.2, 0.25) is 0 Å². The fourth-order valence-electron chi connectivity index (χ4n) is 1.62. The van der Waals surface area contributed by atoms with E-state index in [0.717, 1.165) is 38.6 Å². The van der Waals surface area contributed by atoms with Crippen molar-refractivity contribution in [1.82, 2.24) is 4.90 Å². The molecule has 0 saturated carbocycles. The van der Waals surface area contributed by atoms with Crippen molar-refractivity contribution in [3.63, 3.8) is 0 Å². The Morgan fingerprint density at radius 1 is 1.16 bits per heavy atom. The van der Waals surface area contributed by atoms with E-state index in [-0.39, 0.29) is 10.8 Å². The van der Waals surface area contributed by atoms with Crippen LogP contribution in [-0.4, -0.2) is 48.6 Å². The minimum atomic E-state index is 0.173. The van der Waals surface area contributed by atoms with Gasteiger partial charge in [0, 0.05) is 31.8 Å². The molecule has 1 saturated heterocycles. The highest BCUT2D eigenvalue weighted by atomic mass is 32.2. The Bertz CT molecular complexity index is 291. The number of rotatable bonds is 5. The van der Waals surface area contributed by atoms with E-state index in [1.54, 1.807) is 0 Å². The molecule has 0 N–H and O–H groups in total. The average Bonchev–Trinajstić information content (AvgIpc) is 2.34. The first-order valence-corrected chi connectivity index (χ1v) is 8.17. The zero-order chi connectivity index (χ0) is 14.5. The van der Waals surface area contributed by atoms with Crippen LogP contribution in [0.4, 0.5) is 0 Å². The topological polar surface area (TPSA) is 29.5 Å². The molecular formula is C15H29NO2S. The van der Waals surface area contributed by atoms with Gasteiger partial charge in [0.05, 0.1) is 13.2 Å². The van der Waals surface area contributed by atoms with Gasteiger partial charge in [-0.3, -0.25) is 9.69 Å². The van der Waals surface area contributed by atoms with Gasteiger partial charge >= 0.3 is 0 Å². The molecular weight excluding hydrogens is 258 g/mol. The summed E-state index contributed by atoms with van der Waals surface area (Å²) in [6, 6.07) is 0. The summed E-state index contributed by atoms with van der Waals surface area (Å²) in [4.78, 5) is 14.3. The van der Waals surface area contributed by atoms with Gasteiger partial charge in [-0.1, -0.05) is 46.4 Å². The molecule has 0 radical (unpaired) electrons. The van der Waals surface area contributed by atoms with E-state index in [2.05, 4.69) is 39.5 Å². The van der Waals surface area contributed by atoms with Crippen LogP contribution in [-0.2, 0) is 9.53 Å². The molecule has 0 aliphatic carbocycles. The van der Waals surface area contributed by atoms with E-state index >= 15 is 0 Å². The molecule has 4 heteroatoms. The standard InChI is InChI=1S/C15H29NO2S/c1-14(2,3)15(4,5)12-19-13(17)6-7-16-8-10-18-11-9-16/h6-12H2,1-5H3. The average molecular weight is 287 g/mol. The second-order valence-corrected chi connectivity index (χ2v) is 8.03. The van der Waals surface area contributed by atoms with Crippen molar-refractivity contribution in [2.24, 2.45) is 10.8 Å². The van der Waals surface area contributed by atoms with Crippen molar-refractivity contribution in [2.75, 3.05) is 38.6 Å². The van der Waals surface area contributed by atoms with Crippen molar-refractivity contribution >= 4 is 16.9 Å². The highest BCUT2D eigenvalue weighted by molar-refractivity contribution is 8.13. The quantitative estimate of drug-likeness (QED) is 0.777. The van der Waals surface area contributed by atoms with Crippen LogP contribution in [0.25, 0.3) is 0 Å². The van der Waals surface area contributed by atoms with E-state index in [1.165, 1.54) is 11.8 Å². The largest absolute Gasteiger partial charge is 0.379 e. The van der Waals surface area contributed by atoms with Crippen LogP contribution in [0.3, 0.4) is 0 Å². The summed E-state index contributed by atoms with van der Waals surface area (Å²) in [5, 5.41) is 0.323. The minimum Gasteiger partial charge on any atom is -0.379 e. The van der Waals surface area contributed by atoms with Gasteiger partial charge < -0.3 is 4.74 Å². The minimum absolute atomic E-state index is 0.173. The molecule has 0 aromatic rings. The maximum Gasteiger partial charge on any atom is 0.190 e. The van der Waals surface area contributed by atoms with Crippen molar-refractivity contribution in [3.05, 3.63) is 0 Å². The molecule has 1 aliphatic rings. The molecule has 1 heterocycles. The Labute approximate surface area is 122 Å². The number of hydrogen-bond donors (Lipinski definition) is 0. The lowest BCUT2D eigenvalue weighted by atomic mass is 9.71. The molecule has 0 unspecified atom stereocenters. The second-order valence-electron chi connectivity index (χ2n) is 7.00. The van der Waals surface area contributed by atoms with Gasteiger partial charge in [-0.05, 0) is 10.8 Å². The lowest BCUT2D eigenvalue weighted by Gasteiger charge is -2.38. The Balaban J connectivity index is 2.24. The molecule has 0 aromatic carbocycles. The first-order chi connectivity index (χ1) is 8.72. The summed E-state index contributed by atoms with van der Waals surface area (Å²) < 4.78 is 5.30. The number of hydrogen-bond acceptors (Lipinski definition) is 4. The summed E-state index contributed by atoms with van der Waals surface area (Å²) in [6.45, 7) is 15.6. The van der Waals surface area contributed by atoms with Crippen LogP contribution in [0.5, 0.6) is 0 Å². The zero-order valence-electron chi connectivity index (χ0n) is 13.1. The van der Waals surface area contributed by atoms with Gasteiger partial charge in [-0.15, -0.1) is 0 Å². The molecule has 112 valence electrons. The van der Waals surface area contributed by atoms with Gasteiger partial charge in [0.1, 0.15) is 0 Å². The third-order valence-corrected chi connectivity index (χ3v) is 5.75. The molecule has 19 heavy (non-hydrogen) atoms. The summed E-state index contributed by atoms with van der Waals surface area (Å²) in [5.74, 6) is 0.901. The monoisotopic (exact) mass is 287 g/mol. The maximum absolute atomic E-state index is 12.0. The highest BCUT2D eigenvalue weighted by Gasteiger charge is 2.33. The first kappa shape index (κ1) is 17.0. The molecule has 0 aromatic heterocycles. The van der Waals surface area contributed by atoms with Crippen molar-refractivity contribution in [3.8, 4) is 0 Å². The fourth-order valence-corrected chi connectivity index (χ4v) is 2.81. The van der Waals surface area contributed by atoms with Gasteiger partial charge in [0.15, 0.2) is 5.12 Å². The summed E-state index contributed by atoms with van der Waals surface area (Å²) in [6.07, 6.45) is 0.658. The third-order valence-electron chi connectivity index (χ3n) is 4.36. The number of nitrogens with zero attached hydrogens (tertiary/aromatic N) is 1. The van der Waals surface area contributed by atoms with Crippen molar-refractivity contribution < 1.29 is 9.53 Å². The summed E-state index contributed by atoms with van der Waals surface area (Å²) in [7, 11) is 0. The fraction of sp³-hybridized carbons (Fsp3) is 0.933. The van der Waals surface area contributed by atoms with Gasteiger partial charge in [0.2, 0.25) is 0 Å². The highest BCUT2D eigenvalue weighted by Crippen LogP contribution is 2.40. The normalized spacial score (nSPS) is 18.6. The first-order valence-electron chi connectivity index (χ1n) is 7.18. The lowest BCUT2D eigenvalue weighted by molar-refractivity contribution is -0.111. The van der Waals surface area contributed by atoms with Gasteiger partial charge in [0.25, 0.3) is 0 Å². The molecule has 1 aliphatic heterocycles. The van der Waals surface area contributed by atoms with Gasteiger partial charge in [-0.25, -0.2) is 0 Å². The predicted molar refractivity (Wildman–Crippen MR) is 82.6 cm³/mol. The number of carbonyl (C=O) groups is 1. The van der Waals surface area contributed by atoms with Crippen LogP contribution >= 0.6 is 11.8 Å². The SMILES string of the molecule is CC(C)(C)C(C)(C)CSC(=O)CCN1CCOCC1. The Morgan fingerprint density at radius 2 is 1.74 bits per heavy atom. The molecule has 1 fully saturated rings. The van der Waals surface area contributed by atoms with Crippen LogP contribution in [0.15, 0.2) is 0 Å². The maximum atomic E-state index is 12.0. The Kier molecular flexibility index (Phi) is 6.34. The zero-order valence-corrected chi connectivity index (χ0v) is 13.9. The number of thioether (sulfide) groups is 1. The van der Waals surface area contributed by atoms with E-state index in [4.69, 9.17) is 4.74 Å². The summed E-state index contributed by atoms with van der Waals surface area (Å²) in [5.41, 5.74) is 0.400. The molecule has 0 spiro atoms. The van der Waals surface area contributed by atoms with Crippen molar-refractivity contribution in [1.29, 1.82) is 0 Å². The summed E-state index contributed by atoms with van der Waals surface area (Å²) >= 11 is 1.50.